The second-order valence-electron chi connectivity index (χ2n) is 5.27. The molecule has 2 N–H and O–H groups in total. The van der Waals surface area contributed by atoms with Crippen molar-refractivity contribution in [3.05, 3.63) is 39.7 Å². The zero-order chi connectivity index (χ0) is 15.0. The molecular weight excluding hydrogens is 256 g/mol. The number of hydrogen-bond donors (Lipinski definition) is 2. The Morgan fingerprint density at radius 2 is 2.00 bits per heavy atom. The summed E-state index contributed by atoms with van der Waals surface area (Å²) in [6.45, 7) is 5.43. The van der Waals surface area contributed by atoms with Crippen LogP contribution in [0.25, 0.3) is 10.9 Å². The lowest BCUT2D eigenvalue weighted by Gasteiger charge is -2.12. The van der Waals surface area contributed by atoms with Gasteiger partial charge in [0.15, 0.2) is 0 Å². The molecule has 0 atom stereocenters. The first kappa shape index (κ1) is 14.1. The van der Waals surface area contributed by atoms with E-state index in [0.29, 0.717) is 16.5 Å². The number of nitrogens with zero attached hydrogens (tertiary/aromatic N) is 1. The van der Waals surface area contributed by atoms with Crippen LogP contribution in [0.2, 0.25) is 0 Å². The molecule has 1 aromatic carbocycles. The highest BCUT2D eigenvalue weighted by atomic mass is 16.3. The van der Waals surface area contributed by atoms with Gasteiger partial charge in [0.05, 0.1) is 10.9 Å². The molecule has 2 aromatic rings. The molecule has 5 nitrogen and oxygen atoms in total. The third-order valence-corrected chi connectivity index (χ3v) is 3.17. The smallest absolute Gasteiger partial charge is 0.256 e. The minimum atomic E-state index is -0.400. The quantitative estimate of drug-likeness (QED) is 0.875. The van der Waals surface area contributed by atoms with Crippen LogP contribution in [0.1, 0.15) is 29.8 Å². The molecule has 5 heteroatoms. The molecule has 0 aliphatic heterocycles. The van der Waals surface area contributed by atoms with Crippen molar-refractivity contribution in [1.82, 2.24) is 9.88 Å². The number of aromatic nitrogens is 1. The van der Waals surface area contributed by atoms with Gasteiger partial charge in [0.2, 0.25) is 5.43 Å². The monoisotopic (exact) mass is 274 g/mol. The van der Waals surface area contributed by atoms with Crippen LogP contribution in [0.4, 0.5) is 0 Å². The van der Waals surface area contributed by atoms with Gasteiger partial charge in [-0.3, -0.25) is 9.59 Å². The Morgan fingerprint density at radius 3 is 2.60 bits per heavy atom. The number of benzene rings is 1. The van der Waals surface area contributed by atoms with Crippen molar-refractivity contribution in [2.75, 3.05) is 0 Å². The van der Waals surface area contributed by atoms with E-state index in [9.17, 15) is 14.7 Å². The van der Waals surface area contributed by atoms with E-state index >= 15 is 0 Å². The van der Waals surface area contributed by atoms with Gasteiger partial charge in [0.25, 0.3) is 5.91 Å². The first-order chi connectivity index (χ1) is 9.31. The summed E-state index contributed by atoms with van der Waals surface area (Å²) in [6.07, 6.45) is 1.53. The molecule has 106 valence electrons. The Kier molecular flexibility index (Phi) is 3.53. The highest BCUT2D eigenvalue weighted by Crippen LogP contribution is 2.22. The standard InChI is InChI=1S/C15H18N2O3/c1-8(2)16-15(20)11-7-17(4)12-5-9(3)13(18)6-10(12)14(11)19/h5-8,18H,1-4H3,(H,16,20). The van der Waals surface area contributed by atoms with Crippen molar-refractivity contribution in [1.29, 1.82) is 0 Å². The lowest BCUT2D eigenvalue weighted by Crippen LogP contribution is -2.34. The minimum Gasteiger partial charge on any atom is -0.508 e. The van der Waals surface area contributed by atoms with Crippen LogP contribution in [0, 0.1) is 6.92 Å². The van der Waals surface area contributed by atoms with Crippen LogP contribution < -0.4 is 10.7 Å². The number of nitrogens with one attached hydrogen (secondary N) is 1. The second kappa shape index (κ2) is 5.00. The molecular formula is C15H18N2O3. The number of carbonyl (C=O) groups is 1. The number of amides is 1. The van der Waals surface area contributed by atoms with Crippen molar-refractivity contribution in [2.24, 2.45) is 7.05 Å². The molecule has 1 aromatic heterocycles. The summed E-state index contributed by atoms with van der Waals surface area (Å²) in [5.74, 6) is -0.349. The minimum absolute atomic E-state index is 0.0469. The first-order valence-corrected chi connectivity index (χ1v) is 6.45. The maximum absolute atomic E-state index is 12.4. The fraction of sp³-hybridized carbons (Fsp3) is 0.333. The zero-order valence-electron chi connectivity index (χ0n) is 12.0. The molecule has 0 spiro atoms. The lowest BCUT2D eigenvalue weighted by atomic mass is 10.1. The third kappa shape index (κ3) is 2.39. The number of phenolic OH excluding ortho intramolecular Hbond substituents is 1. The Labute approximate surface area is 116 Å². The Morgan fingerprint density at radius 1 is 1.35 bits per heavy atom. The SMILES string of the molecule is Cc1cc2c(cc1O)c(=O)c(C(=O)NC(C)C)cn2C. The van der Waals surface area contributed by atoms with Crippen LogP contribution in [0.3, 0.4) is 0 Å². The number of hydrogen-bond acceptors (Lipinski definition) is 3. The van der Waals surface area contributed by atoms with Gasteiger partial charge < -0.3 is 15.0 Å². The molecule has 0 aliphatic rings. The topological polar surface area (TPSA) is 71.3 Å². The number of fused-ring (bicyclic) bond motifs is 1. The average Bonchev–Trinajstić information content (AvgIpc) is 2.35. The molecule has 0 saturated carbocycles. The maximum Gasteiger partial charge on any atom is 0.256 e. The van der Waals surface area contributed by atoms with Gasteiger partial charge in [-0.15, -0.1) is 0 Å². The molecule has 0 saturated heterocycles. The van der Waals surface area contributed by atoms with E-state index in [4.69, 9.17) is 0 Å². The molecule has 1 heterocycles. The summed E-state index contributed by atoms with van der Waals surface area (Å²) in [7, 11) is 1.77. The van der Waals surface area contributed by atoms with Crippen LogP contribution in [-0.2, 0) is 7.05 Å². The molecule has 0 fully saturated rings. The molecule has 1 amide bonds. The molecule has 0 bridgehead atoms. The number of carbonyl (C=O) groups excluding carboxylic acids is 1. The van der Waals surface area contributed by atoms with Gasteiger partial charge in [-0.2, -0.15) is 0 Å². The summed E-state index contributed by atoms with van der Waals surface area (Å²) in [5, 5.41) is 12.8. The van der Waals surface area contributed by atoms with E-state index in [1.807, 2.05) is 13.8 Å². The van der Waals surface area contributed by atoms with Gasteiger partial charge in [-0.05, 0) is 38.5 Å². The first-order valence-electron chi connectivity index (χ1n) is 6.45. The predicted molar refractivity (Wildman–Crippen MR) is 78.2 cm³/mol. The molecule has 2 rings (SSSR count). The van der Waals surface area contributed by atoms with E-state index in [0.717, 1.165) is 0 Å². The molecule has 0 aliphatic carbocycles. The Balaban J connectivity index is 2.71. The second-order valence-corrected chi connectivity index (χ2v) is 5.27. The fourth-order valence-electron chi connectivity index (χ4n) is 2.12. The van der Waals surface area contributed by atoms with Gasteiger partial charge in [-0.1, -0.05) is 0 Å². The van der Waals surface area contributed by atoms with Crippen molar-refractivity contribution in [3.8, 4) is 5.75 Å². The number of rotatable bonds is 2. The summed E-state index contributed by atoms with van der Waals surface area (Å²) in [6, 6.07) is 3.10. The van der Waals surface area contributed by atoms with Crippen molar-refractivity contribution < 1.29 is 9.90 Å². The molecule has 0 radical (unpaired) electrons. The van der Waals surface area contributed by atoms with Crippen molar-refractivity contribution in [3.63, 3.8) is 0 Å². The van der Waals surface area contributed by atoms with Crippen LogP contribution in [-0.4, -0.2) is 21.6 Å². The van der Waals surface area contributed by atoms with Crippen molar-refractivity contribution in [2.45, 2.75) is 26.8 Å². The Bertz CT molecular complexity index is 745. The highest BCUT2D eigenvalue weighted by molar-refractivity contribution is 5.97. The van der Waals surface area contributed by atoms with Crippen LogP contribution in [0.5, 0.6) is 5.75 Å². The average molecular weight is 274 g/mol. The van der Waals surface area contributed by atoms with Crippen LogP contribution >= 0.6 is 0 Å². The summed E-state index contributed by atoms with van der Waals surface area (Å²) < 4.78 is 1.72. The van der Waals surface area contributed by atoms with Gasteiger partial charge in [0.1, 0.15) is 11.3 Å². The highest BCUT2D eigenvalue weighted by Gasteiger charge is 2.16. The van der Waals surface area contributed by atoms with Gasteiger partial charge >= 0.3 is 0 Å². The predicted octanol–water partition coefficient (Wildman–Crippen LogP) is 1.69. The Hall–Kier alpha value is -2.30. The van der Waals surface area contributed by atoms with Crippen molar-refractivity contribution >= 4 is 16.8 Å². The maximum atomic E-state index is 12.4. The molecule has 20 heavy (non-hydrogen) atoms. The van der Waals surface area contributed by atoms with Gasteiger partial charge in [-0.25, -0.2) is 0 Å². The zero-order valence-corrected chi connectivity index (χ0v) is 12.0. The van der Waals surface area contributed by atoms with E-state index < -0.39 is 5.91 Å². The van der Waals surface area contributed by atoms with Gasteiger partial charge in [0, 0.05) is 19.3 Å². The van der Waals surface area contributed by atoms with E-state index in [1.54, 1.807) is 24.6 Å². The fourth-order valence-corrected chi connectivity index (χ4v) is 2.12. The summed E-state index contributed by atoms with van der Waals surface area (Å²) in [5.41, 5.74) is 1.08. The lowest BCUT2D eigenvalue weighted by molar-refractivity contribution is 0.0941. The summed E-state index contributed by atoms with van der Waals surface area (Å²) >= 11 is 0. The van der Waals surface area contributed by atoms with Crippen LogP contribution in [0.15, 0.2) is 23.1 Å². The largest absolute Gasteiger partial charge is 0.508 e. The van der Waals surface area contributed by atoms with E-state index in [1.165, 1.54) is 12.3 Å². The number of aryl methyl sites for hydroxylation is 2. The number of aromatic hydroxyl groups is 1. The summed E-state index contributed by atoms with van der Waals surface area (Å²) in [4.78, 5) is 24.4. The van der Waals surface area contributed by atoms with E-state index in [-0.39, 0.29) is 22.8 Å². The molecule has 0 unspecified atom stereocenters. The third-order valence-electron chi connectivity index (χ3n) is 3.17. The number of pyridine rings is 1. The number of phenols is 1. The normalized spacial score (nSPS) is 11.1. The van der Waals surface area contributed by atoms with E-state index in [2.05, 4.69) is 5.32 Å².